The first-order valence-electron chi connectivity index (χ1n) is 5.64. The van der Waals surface area contributed by atoms with Crippen LogP contribution in [0.4, 0.5) is 0 Å². The molecule has 0 amide bonds. The summed E-state index contributed by atoms with van der Waals surface area (Å²) in [6.07, 6.45) is 4.62. The van der Waals surface area contributed by atoms with Crippen LogP contribution in [-0.4, -0.2) is 27.1 Å². The van der Waals surface area contributed by atoms with Crippen LogP contribution >= 0.6 is 19.4 Å². The van der Waals surface area contributed by atoms with Crippen LogP contribution in [0.3, 0.4) is 0 Å². The molecule has 2 aromatic rings. The van der Waals surface area contributed by atoms with Crippen LogP contribution in [-0.2, 0) is 13.5 Å². The molecule has 0 unspecified atom stereocenters. The first-order chi connectivity index (χ1) is 10.1. The van der Waals surface area contributed by atoms with Crippen molar-refractivity contribution in [1.29, 1.82) is 0 Å². The zero-order valence-electron chi connectivity index (χ0n) is 12.2. The van der Waals surface area contributed by atoms with E-state index in [0.717, 1.165) is 12.6 Å². The molecule has 0 aliphatic heterocycles. The number of aldehydes is 2. The van der Waals surface area contributed by atoms with Crippen LogP contribution in [0.15, 0.2) is 48.8 Å². The summed E-state index contributed by atoms with van der Waals surface area (Å²) in [5, 5.41) is 0. The summed E-state index contributed by atoms with van der Waals surface area (Å²) >= 11 is -1.36. The Kier molecular flexibility index (Phi) is 16.8. The zero-order valence-corrected chi connectivity index (χ0v) is 15.4. The van der Waals surface area contributed by atoms with Gasteiger partial charge in [0.2, 0.25) is 0 Å². The van der Waals surface area contributed by atoms with Crippen molar-refractivity contribution in [3.63, 3.8) is 0 Å². The predicted molar refractivity (Wildman–Crippen MR) is 89.1 cm³/mol. The molecule has 0 spiro atoms. The van der Waals surface area contributed by atoms with Gasteiger partial charge in [0.25, 0.3) is 0 Å². The molecule has 0 N–H and O–H groups in total. The summed E-state index contributed by atoms with van der Waals surface area (Å²) in [6, 6.07) is 10.4. The standard InChI is InChI=1S/2C6H5NO.C2H4.CH3.2ClH.Ru/c2*8-5-6-3-1-2-4-7-6;1-2;;;;/h2*1-5H;1H,2H3;1H3;2*1H;/q;;;-1;;;+2/p-2. The third kappa shape index (κ3) is 13.7. The van der Waals surface area contributed by atoms with Gasteiger partial charge in [0.15, 0.2) is 12.6 Å². The number of pyridine rings is 2. The average Bonchev–Trinajstić information content (AvgIpc) is 2.57. The van der Waals surface area contributed by atoms with Gasteiger partial charge in [0, 0.05) is 12.4 Å². The number of carbonyl (C=O) groups is 2. The van der Waals surface area contributed by atoms with Crippen LogP contribution in [0.2, 0.25) is 0 Å². The van der Waals surface area contributed by atoms with Gasteiger partial charge in [-0.3, -0.25) is 19.6 Å². The Balaban J connectivity index is 0. The van der Waals surface area contributed by atoms with Gasteiger partial charge in [-0.1, -0.05) is 12.1 Å². The Labute approximate surface area is 144 Å². The number of halogens is 2. The number of nitrogens with zero attached hydrogens (tertiary/aromatic N) is 2. The molecule has 0 aliphatic carbocycles. The molecular weight excluding hydrogens is 412 g/mol. The van der Waals surface area contributed by atoms with Gasteiger partial charge < -0.3 is 7.43 Å². The molecule has 0 bridgehead atoms. The van der Waals surface area contributed by atoms with E-state index in [1.165, 1.54) is 0 Å². The second kappa shape index (κ2) is 16.1. The van der Waals surface area contributed by atoms with E-state index in [4.69, 9.17) is 19.4 Å². The second-order valence-electron chi connectivity index (χ2n) is 3.15. The summed E-state index contributed by atoms with van der Waals surface area (Å²) in [5.74, 6) is 0. The van der Waals surface area contributed by atoms with E-state index >= 15 is 0 Å². The van der Waals surface area contributed by atoms with Gasteiger partial charge in [-0.25, -0.2) is 0 Å². The monoisotopic (exact) mass is 429 g/mol. The maximum Gasteiger partial charge on any atom is 0.168 e. The number of aromatic nitrogens is 2. The summed E-state index contributed by atoms with van der Waals surface area (Å²) in [5.41, 5.74) is 0.958. The topological polar surface area (TPSA) is 59.9 Å². The minimum atomic E-state index is -1.36. The van der Waals surface area contributed by atoms with Gasteiger partial charge in [0.1, 0.15) is 11.4 Å². The maximum absolute atomic E-state index is 9.94. The van der Waals surface area contributed by atoms with Crippen molar-refractivity contribution in [3.05, 3.63) is 67.6 Å². The van der Waals surface area contributed by atoms with Crippen molar-refractivity contribution in [3.8, 4) is 0 Å². The van der Waals surface area contributed by atoms with Crippen LogP contribution in [0.5, 0.6) is 0 Å². The average molecular weight is 429 g/mol. The Morgan fingerprint density at radius 1 is 0.909 bits per heavy atom. The number of hydrogen-bond acceptors (Lipinski definition) is 4. The van der Waals surface area contributed by atoms with Crippen molar-refractivity contribution >= 4 is 36.6 Å². The third-order valence-corrected chi connectivity index (χ3v) is 4.36. The molecule has 0 saturated heterocycles. The van der Waals surface area contributed by atoms with E-state index in [9.17, 15) is 9.59 Å². The fraction of sp³-hybridized carbons (Fsp3) is 0.0667. The first kappa shape index (κ1) is 23.0. The van der Waals surface area contributed by atoms with Gasteiger partial charge >= 0.3 is 44.4 Å². The molecule has 122 valence electrons. The molecule has 22 heavy (non-hydrogen) atoms. The van der Waals surface area contributed by atoms with E-state index in [2.05, 4.69) is 9.97 Å². The number of carbonyl (C=O) groups excluding carboxylic acids is 2. The number of hydrogen-bond donors (Lipinski definition) is 0. The predicted octanol–water partition coefficient (Wildman–Crippen LogP) is 3.97. The molecule has 2 heterocycles. The maximum atomic E-state index is 9.94. The molecule has 0 radical (unpaired) electrons. The molecule has 0 atom stereocenters. The van der Waals surface area contributed by atoms with Gasteiger partial charge in [0.05, 0.1) is 0 Å². The second-order valence-corrected chi connectivity index (χ2v) is 9.38. The number of rotatable bonds is 2. The molecule has 0 aliphatic rings. The van der Waals surface area contributed by atoms with Gasteiger partial charge in [-0.05, 0) is 24.3 Å². The van der Waals surface area contributed by atoms with E-state index in [0.29, 0.717) is 11.4 Å². The van der Waals surface area contributed by atoms with E-state index in [-0.39, 0.29) is 7.43 Å². The fourth-order valence-corrected chi connectivity index (χ4v) is 0.891. The van der Waals surface area contributed by atoms with Crippen LogP contribution in [0, 0.1) is 7.43 Å². The summed E-state index contributed by atoms with van der Waals surface area (Å²) in [7, 11) is 10.6. The molecule has 2 rings (SSSR count). The van der Waals surface area contributed by atoms with Gasteiger partial charge in [-0.15, -0.1) is 0 Å². The van der Waals surface area contributed by atoms with Crippen LogP contribution in [0.1, 0.15) is 27.9 Å². The Hall–Kier alpha value is -1.29. The minimum Gasteiger partial charge on any atom is -0.358 e. The third-order valence-electron chi connectivity index (χ3n) is 1.77. The van der Waals surface area contributed by atoms with E-state index < -0.39 is 13.5 Å². The van der Waals surface area contributed by atoms with E-state index in [1.807, 2.05) is 11.5 Å². The van der Waals surface area contributed by atoms with Crippen molar-refractivity contribution in [2.45, 2.75) is 6.92 Å². The normalized spacial score (nSPS) is 8.59. The molecule has 0 fully saturated rings. The minimum absolute atomic E-state index is 0. The smallest absolute Gasteiger partial charge is 0.168 e. The Morgan fingerprint density at radius 3 is 1.41 bits per heavy atom. The molecule has 0 aromatic carbocycles. The molecular formula is C15H17Cl2N2O2Ru-. The zero-order chi connectivity index (χ0) is 15.9. The molecule has 0 saturated carbocycles. The Morgan fingerprint density at radius 2 is 1.27 bits per heavy atom. The summed E-state index contributed by atoms with van der Waals surface area (Å²) in [6.45, 7) is 1.87. The van der Waals surface area contributed by atoms with Crippen molar-refractivity contribution in [1.82, 2.24) is 9.97 Å². The summed E-state index contributed by atoms with van der Waals surface area (Å²) < 4.78 is 1.84. The van der Waals surface area contributed by atoms with E-state index in [1.54, 1.807) is 48.8 Å². The largest absolute Gasteiger partial charge is 0.358 e. The van der Waals surface area contributed by atoms with Crippen molar-refractivity contribution in [2.24, 2.45) is 0 Å². The quantitative estimate of drug-likeness (QED) is 0.412. The molecule has 4 nitrogen and oxygen atoms in total. The van der Waals surface area contributed by atoms with Crippen LogP contribution in [0.25, 0.3) is 0 Å². The van der Waals surface area contributed by atoms with Crippen LogP contribution < -0.4 is 0 Å². The SMILES string of the molecule is C[CH]=[Ru]([Cl])[Cl].O=Cc1ccccn1.O=Cc1ccccn1.[CH3-]. The molecule has 2 aromatic heterocycles. The van der Waals surface area contributed by atoms with Crippen molar-refractivity contribution < 1.29 is 23.1 Å². The molecule has 7 heteroatoms. The Bertz CT molecular complexity index is 504. The first-order valence-corrected chi connectivity index (χ1v) is 11.1. The summed E-state index contributed by atoms with van der Waals surface area (Å²) in [4.78, 5) is 27.3. The van der Waals surface area contributed by atoms with Crippen molar-refractivity contribution in [2.75, 3.05) is 0 Å². The fourth-order valence-electron chi connectivity index (χ4n) is 0.891. The van der Waals surface area contributed by atoms with Gasteiger partial charge in [-0.2, -0.15) is 0 Å².